The van der Waals surface area contributed by atoms with E-state index in [1.54, 1.807) is 0 Å². The molecule has 0 amide bonds. The van der Waals surface area contributed by atoms with Crippen molar-refractivity contribution in [1.82, 2.24) is 10.2 Å². The molecule has 2 aliphatic rings. The Balaban J connectivity index is 1.77. The van der Waals surface area contributed by atoms with E-state index in [0.717, 1.165) is 6.04 Å². The zero-order valence-corrected chi connectivity index (χ0v) is 11.1. The molecule has 2 heteroatoms. The van der Waals surface area contributed by atoms with Gasteiger partial charge in [-0.3, -0.25) is 0 Å². The average molecular weight is 224 g/mol. The molecule has 0 bridgehead atoms. The summed E-state index contributed by atoms with van der Waals surface area (Å²) >= 11 is 0. The molecule has 1 aliphatic heterocycles. The Labute approximate surface area is 101 Å². The van der Waals surface area contributed by atoms with Gasteiger partial charge in [0.05, 0.1) is 0 Å². The van der Waals surface area contributed by atoms with E-state index in [1.807, 2.05) is 0 Å². The van der Waals surface area contributed by atoms with Crippen LogP contribution in [0.25, 0.3) is 0 Å². The maximum atomic E-state index is 3.41. The maximum absolute atomic E-state index is 3.41. The van der Waals surface area contributed by atoms with Crippen molar-refractivity contribution in [1.29, 1.82) is 0 Å². The molecule has 1 N–H and O–H groups in total. The summed E-state index contributed by atoms with van der Waals surface area (Å²) in [6.07, 6.45) is 9.99. The van der Waals surface area contributed by atoms with Crippen molar-refractivity contribution in [2.24, 2.45) is 5.41 Å². The number of likely N-dealkylation sites (tertiary alicyclic amines) is 1. The Morgan fingerprint density at radius 1 is 1.12 bits per heavy atom. The first-order valence-electron chi connectivity index (χ1n) is 7.11. The summed E-state index contributed by atoms with van der Waals surface area (Å²) in [7, 11) is 2.10. The standard InChI is InChI=1S/C14H28N2/c1-14(8-4-3-5-9-14)12-16-10-6-13(15-2)7-11-16/h13,15H,3-12H2,1-2H3. The number of piperidine rings is 1. The Kier molecular flexibility index (Phi) is 4.26. The predicted molar refractivity (Wildman–Crippen MR) is 69.7 cm³/mol. The van der Waals surface area contributed by atoms with Gasteiger partial charge < -0.3 is 10.2 Å². The first kappa shape index (κ1) is 12.4. The zero-order valence-electron chi connectivity index (χ0n) is 11.1. The highest BCUT2D eigenvalue weighted by atomic mass is 15.1. The van der Waals surface area contributed by atoms with E-state index in [0.29, 0.717) is 5.41 Å². The largest absolute Gasteiger partial charge is 0.317 e. The van der Waals surface area contributed by atoms with Crippen LogP contribution in [0.1, 0.15) is 51.9 Å². The Hall–Kier alpha value is -0.0800. The van der Waals surface area contributed by atoms with Gasteiger partial charge >= 0.3 is 0 Å². The molecule has 0 aromatic heterocycles. The molecule has 0 spiro atoms. The van der Waals surface area contributed by atoms with Crippen LogP contribution in [-0.2, 0) is 0 Å². The van der Waals surface area contributed by atoms with Crippen molar-refractivity contribution in [3.63, 3.8) is 0 Å². The number of nitrogens with zero attached hydrogens (tertiary/aromatic N) is 1. The van der Waals surface area contributed by atoms with Crippen LogP contribution in [0.2, 0.25) is 0 Å². The van der Waals surface area contributed by atoms with Gasteiger partial charge in [-0.05, 0) is 51.2 Å². The van der Waals surface area contributed by atoms with E-state index in [4.69, 9.17) is 0 Å². The van der Waals surface area contributed by atoms with Crippen LogP contribution in [0.5, 0.6) is 0 Å². The Morgan fingerprint density at radius 3 is 2.31 bits per heavy atom. The van der Waals surface area contributed by atoms with Crippen molar-refractivity contribution in [3.8, 4) is 0 Å². The summed E-state index contributed by atoms with van der Waals surface area (Å²) in [5.41, 5.74) is 0.630. The fraction of sp³-hybridized carbons (Fsp3) is 1.00. The summed E-state index contributed by atoms with van der Waals surface area (Å²) in [6, 6.07) is 0.774. The Bertz CT molecular complexity index is 201. The van der Waals surface area contributed by atoms with Gasteiger partial charge in [-0.15, -0.1) is 0 Å². The van der Waals surface area contributed by atoms with Crippen LogP contribution in [0.4, 0.5) is 0 Å². The Morgan fingerprint density at radius 2 is 1.75 bits per heavy atom. The molecule has 1 saturated heterocycles. The minimum absolute atomic E-state index is 0.630. The fourth-order valence-corrected chi connectivity index (χ4v) is 3.48. The fourth-order valence-electron chi connectivity index (χ4n) is 3.48. The molecule has 2 nitrogen and oxygen atoms in total. The lowest BCUT2D eigenvalue weighted by atomic mass is 9.75. The first-order valence-corrected chi connectivity index (χ1v) is 7.11. The molecule has 2 rings (SSSR count). The lowest BCUT2D eigenvalue weighted by Gasteiger charge is -2.41. The van der Waals surface area contributed by atoms with Crippen LogP contribution in [0, 0.1) is 5.41 Å². The highest BCUT2D eigenvalue weighted by Crippen LogP contribution is 2.36. The van der Waals surface area contributed by atoms with Gasteiger partial charge in [0, 0.05) is 12.6 Å². The first-order chi connectivity index (χ1) is 7.72. The van der Waals surface area contributed by atoms with E-state index in [-0.39, 0.29) is 0 Å². The average Bonchev–Trinajstić information content (AvgIpc) is 2.30. The normalized spacial score (nSPS) is 28.1. The number of hydrogen-bond donors (Lipinski definition) is 1. The van der Waals surface area contributed by atoms with Crippen molar-refractivity contribution in [2.45, 2.75) is 57.9 Å². The third kappa shape index (κ3) is 3.21. The van der Waals surface area contributed by atoms with Crippen LogP contribution in [-0.4, -0.2) is 37.6 Å². The molecule has 94 valence electrons. The molecule has 1 saturated carbocycles. The lowest BCUT2D eigenvalue weighted by Crippen LogP contribution is -2.45. The summed E-state index contributed by atoms with van der Waals surface area (Å²) in [6.45, 7) is 6.47. The van der Waals surface area contributed by atoms with E-state index in [9.17, 15) is 0 Å². The molecule has 0 unspecified atom stereocenters. The third-order valence-electron chi connectivity index (χ3n) is 4.66. The SMILES string of the molecule is CNC1CCN(CC2(C)CCCCC2)CC1. The molecule has 1 aliphatic carbocycles. The summed E-state index contributed by atoms with van der Waals surface area (Å²) < 4.78 is 0. The van der Waals surface area contributed by atoms with Gasteiger partial charge in [0.15, 0.2) is 0 Å². The van der Waals surface area contributed by atoms with Gasteiger partial charge in [0.25, 0.3) is 0 Å². The minimum atomic E-state index is 0.630. The van der Waals surface area contributed by atoms with Crippen molar-refractivity contribution in [3.05, 3.63) is 0 Å². The van der Waals surface area contributed by atoms with Crippen LogP contribution >= 0.6 is 0 Å². The quantitative estimate of drug-likeness (QED) is 0.793. The van der Waals surface area contributed by atoms with Gasteiger partial charge in [-0.2, -0.15) is 0 Å². The maximum Gasteiger partial charge on any atom is 0.00884 e. The molecule has 0 aromatic rings. The summed E-state index contributed by atoms with van der Waals surface area (Å²) in [4.78, 5) is 2.71. The third-order valence-corrected chi connectivity index (χ3v) is 4.66. The van der Waals surface area contributed by atoms with Crippen LogP contribution in [0.3, 0.4) is 0 Å². The van der Waals surface area contributed by atoms with Gasteiger partial charge in [-0.25, -0.2) is 0 Å². The van der Waals surface area contributed by atoms with Gasteiger partial charge in [-0.1, -0.05) is 26.2 Å². The van der Waals surface area contributed by atoms with Crippen molar-refractivity contribution >= 4 is 0 Å². The minimum Gasteiger partial charge on any atom is -0.317 e. The van der Waals surface area contributed by atoms with Crippen LogP contribution < -0.4 is 5.32 Å². The lowest BCUT2D eigenvalue weighted by molar-refractivity contribution is 0.0986. The van der Waals surface area contributed by atoms with Gasteiger partial charge in [0.2, 0.25) is 0 Å². The van der Waals surface area contributed by atoms with Gasteiger partial charge in [0.1, 0.15) is 0 Å². The summed E-state index contributed by atoms with van der Waals surface area (Å²) in [5, 5.41) is 3.41. The molecule has 0 aromatic carbocycles. The highest BCUT2D eigenvalue weighted by molar-refractivity contribution is 4.84. The number of nitrogens with one attached hydrogen (secondary N) is 1. The topological polar surface area (TPSA) is 15.3 Å². The van der Waals surface area contributed by atoms with Crippen molar-refractivity contribution < 1.29 is 0 Å². The molecule has 1 heterocycles. The smallest absolute Gasteiger partial charge is 0.00884 e. The van der Waals surface area contributed by atoms with E-state index in [1.165, 1.54) is 64.6 Å². The van der Waals surface area contributed by atoms with Crippen LogP contribution in [0.15, 0.2) is 0 Å². The van der Waals surface area contributed by atoms with E-state index >= 15 is 0 Å². The zero-order chi connectivity index (χ0) is 11.4. The molecular formula is C14H28N2. The number of hydrogen-bond acceptors (Lipinski definition) is 2. The van der Waals surface area contributed by atoms with E-state index in [2.05, 4.69) is 24.2 Å². The molecule has 2 fully saturated rings. The van der Waals surface area contributed by atoms with Crippen molar-refractivity contribution in [2.75, 3.05) is 26.7 Å². The molecule has 0 radical (unpaired) electrons. The highest BCUT2D eigenvalue weighted by Gasteiger charge is 2.30. The predicted octanol–water partition coefficient (Wildman–Crippen LogP) is 2.64. The molecular weight excluding hydrogens is 196 g/mol. The van der Waals surface area contributed by atoms with E-state index < -0.39 is 0 Å². The number of rotatable bonds is 3. The second kappa shape index (κ2) is 5.50. The molecule has 0 atom stereocenters. The second-order valence-electron chi connectivity index (χ2n) is 6.21. The molecule has 16 heavy (non-hydrogen) atoms. The second-order valence-corrected chi connectivity index (χ2v) is 6.21. The summed E-state index contributed by atoms with van der Waals surface area (Å²) in [5.74, 6) is 0. The monoisotopic (exact) mass is 224 g/mol.